The van der Waals surface area contributed by atoms with Crippen LogP contribution in [0.2, 0.25) is 5.02 Å². The maximum atomic E-state index is 12.4. The topological polar surface area (TPSA) is 121 Å². The lowest BCUT2D eigenvalue weighted by atomic mass is 10.1. The van der Waals surface area contributed by atoms with Crippen molar-refractivity contribution in [2.45, 2.75) is 18.4 Å². The molecule has 3 N–H and O–H groups in total. The number of rotatable bonds is 7. The Morgan fingerprint density at radius 1 is 0.727 bits per heavy atom. The van der Waals surface area contributed by atoms with Gasteiger partial charge in [0.2, 0.25) is 10.0 Å². The van der Waals surface area contributed by atoms with Crippen molar-refractivity contribution in [3.05, 3.63) is 100 Å². The van der Waals surface area contributed by atoms with Crippen LogP contribution in [0.3, 0.4) is 0 Å². The lowest BCUT2D eigenvalue weighted by Crippen LogP contribution is -2.41. The summed E-state index contributed by atoms with van der Waals surface area (Å²) in [7, 11) is -3.77. The Bertz CT molecular complexity index is 1270. The summed E-state index contributed by atoms with van der Waals surface area (Å²) in [5, 5.41) is 0.490. The van der Waals surface area contributed by atoms with Crippen LogP contribution in [0.15, 0.2) is 77.7 Å². The molecule has 0 unspecified atom stereocenters. The van der Waals surface area contributed by atoms with Crippen molar-refractivity contribution in [2.75, 3.05) is 0 Å². The number of ketones is 1. The van der Waals surface area contributed by atoms with Crippen molar-refractivity contribution in [2.24, 2.45) is 0 Å². The van der Waals surface area contributed by atoms with Crippen molar-refractivity contribution in [1.29, 1.82) is 0 Å². The Morgan fingerprint density at radius 3 is 1.67 bits per heavy atom. The van der Waals surface area contributed by atoms with Crippen LogP contribution in [-0.4, -0.2) is 26.0 Å². The van der Waals surface area contributed by atoms with Gasteiger partial charge in [-0.1, -0.05) is 35.9 Å². The van der Waals surface area contributed by atoms with Gasteiger partial charge in [-0.05, 0) is 61.0 Å². The van der Waals surface area contributed by atoms with Gasteiger partial charge in [-0.2, -0.15) is 0 Å². The van der Waals surface area contributed by atoms with Crippen LogP contribution in [-0.2, 0) is 16.6 Å². The molecule has 0 radical (unpaired) electrons. The summed E-state index contributed by atoms with van der Waals surface area (Å²) >= 11 is 5.78. The lowest BCUT2D eigenvalue weighted by molar-refractivity contribution is 0.0846. The van der Waals surface area contributed by atoms with E-state index in [2.05, 4.69) is 15.6 Å². The highest BCUT2D eigenvalue weighted by molar-refractivity contribution is 7.89. The van der Waals surface area contributed by atoms with E-state index in [9.17, 15) is 22.8 Å². The van der Waals surface area contributed by atoms with Crippen molar-refractivity contribution >= 4 is 39.2 Å². The zero-order valence-corrected chi connectivity index (χ0v) is 19.0. The Kier molecular flexibility index (Phi) is 7.59. The third-order valence-electron chi connectivity index (χ3n) is 4.65. The number of sulfonamides is 1. The number of carbonyl (C=O) groups is 3. The van der Waals surface area contributed by atoms with Crippen molar-refractivity contribution < 1.29 is 22.8 Å². The molecule has 0 fully saturated rings. The van der Waals surface area contributed by atoms with Gasteiger partial charge >= 0.3 is 0 Å². The normalized spacial score (nSPS) is 11.0. The summed E-state index contributed by atoms with van der Waals surface area (Å²) in [5.74, 6) is -1.18. The van der Waals surface area contributed by atoms with E-state index in [-0.39, 0.29) is 22.8 Å². The van der Waals surface area contributed by atoms with Crippen molar-refractivity contribution in [3.63, 3.8) is 0 Å². The molecule has 0 bridgehead atoms. The average molecular weight is 486 g/mol. The maximum Gasteiger partial charge on any atom is 0.269 e. The third kappa shape index (κ3) is 6.48. The number of nitrogens with one attached hydrogen (secondary N) is 3. The van der Waals surface area contributed by atoms with E-state index in [0.717, 1.165) is 0 Å². The fraction of sp³-hybridized carbons (Fsp3) is 0.0870. The quantitative estimate of drug-likeness (QED) is 0.350. The number of Topliss-reactive ketones (excluding diaryl/α,β-unsaturated/α-hetero) is 1. The van der Waals surface area contributed by atoms with Gasteiger partial charge in [-0.25, -0.2) is 13.1 Å². The molecule has 0 saturated carbocycles. The summed E-state index contributed by atoms with van der Waals surface area (Å²) in [6.07, 6.45) is 0. The van der Waals surface area contributed by atoms with Gasteiger partial charge in [0.25, 0.3) is 11.8 Å². The van der Waals surface area contributed by atoms with Crippen molar-refractivity contribution in [1.82, 2.24) is 15.6 Å². The molecule has 0 atom stereocenters. The summed E-state index contributed by atoms with van der Waals surface area (Å²) in [6.45, 7) is 1.41. The minimum Gasteiger partial charge on any atom is -0.295 e. The molecule has 0 aliphatic heterocycles. The highest BCUT2D eigenvalue weighted by Gasteiger charge is 2.15. The highest BCUT2D eigenvalue weighted by Crippen LogP contribution is 2.13. The first-order valence-corrected chi connectivity index (χ1v) is 11.6. The van der Waals surface area contributed by atoms with Crippen LogP contribution >= 0.6 is 11.6 Å². The Balaban J connectivity index is 1.54. The van der Waals surface area contributed by atoms with Crippen LogP contribution in [0, 0.1) is 0 Å². The van der Waals surface area contributed by atoms with E-state index in [1.807, 2.05) is 0 Å². The largest absolute Gasteiger partial charge is 0.295 e. The molecule has 3 aromatic rings. The number of carbonyl (C=O) groups excluding carboxylic acids is 3. The second-order valence-corrected chi connectivity index (χ2v) is 9.22. The van der Waals surface area contributed by atoms with Crippen LogP contribution < -0.4 is 15.6 Å². The first-order valence-electron chi connectivity index (χ1n) is 9.71. The SMILES string of the molecule is CC(=O)c1ccc(S(=O)(=O)NCc2ccc(C(=O)NNC(=O)c3ccc(Cl)cc3)cc2)cc1. The first-order chi connectivity index (χ1) is 15.7. The smallest absolute Gasteiger partial charge is 0.269 e. The molecule has 33 heavy (non-hydrogen) atoms. The molecule has 0 aromatic heterocycles. The fourth-order valence-electron chi connectivity index (χ4n) is 2.76. The molecular weight excluding hydrogens is 466 g/mol. The molecule has 0 spiro atoms. The minimum absolute atomic E-state index is 0.00595. The van der Waals surface area contributed by atoms with E-state index in [4.69, 9.17) is 11.6 Å². The standard InChI is InChI=1S/C23H20ClN3O5S/c1-15(28)17-8-12-21(13-9-17)33(31,32)25-14-16-2-4-18(5-3-16)22(29)26-27-23(30)19-6-10-20(24)11-7-19/h2-13,25H,14H2,1H3,(H,26,29)(H,27,30). The first kappa shape index (κ1) is 24.1. The molecular formula is C23H20ClN3O5S. The van der Waals surface area contributed by atoms with Gasteiger partial charge < -0.3 is 0 Å². The van der Waals surface area contributed by atoms with E-state index in [1.54, 1.807) is 24.3 Å². The van der Waals surface area contributed by atoms with E-state index in [0.29, 0.717) is 21.7 Å². The molecule has 0 heterocycles. The second-order valence-electron chi connectivity index (χ2n) is 7.02. The third-order valence-corrected chi connectivity index (χ3v) is 6.32. The molecule has 0 aliphatic rings. The molecule has 10 heteroatoms. The Morgan fingerprint density at radius 2 is 1.18 bits per heavy atom. The number of hydrazine groups is 1. The van der Waals surface area contributed by atoms with Crippen molar-refractivity contribution in [3.8, 4) is 0 Å². The second kappa shape index (κ2) is 10.4. The van der Waals surface area contributed by atoms with Crippen LogP contribution in [0.5, 0.6) is 0 Å². The highest BCUT2D eigenvalue weighted by atomic mass is 35.5. The fourth-order valence-corrected chi connectivity index (χ4v) is 3.91. The monoisotopic (exact) mass is 485 g/mol. The van der Waals surface area contributed by atoms with Crippen LogP contribution in [0.25, 0.3) is 0 Å². The number of halogens is 1. The van der Waals surface area contributed by atoms with Gasteiger partial charge in [-0.15, -0.1) is 0 Å². The zero-order valence-electron chi connectivity index (χ0n) is 17.5. The zero-order chi connectivity index (χ0) is 24.0. The number of benzene rings is 3. The molecule has 3 aromatic carbocycles. The van der Waals surface area contributed by atoms with Crippen LogP contribution in [0.4, 0.5) is 0 Å². The predicted octanol–water partition coefficient (Wildman–Crippen LogP) is 3.10. The van der Waals surface area contributed by atoms with Gasteiger partial charge in [0.15, 0.2) is 5.78 Å². The summed E-state index contributed by atoms with van der Waals surface area (Å²) < 4.78 is 27.3. The van der Waals surface area contributed by atoms with E-state index >= 15 is 0 Å². The van der Waals surface area contributed by atoms with E-state index in [1.165, 1.54) is 55.5 Å². The summed E-state index contributed by atoms with van der Waals surface area (Å²) in [5.41, 5.74) is 6.28. The minimum atomic E-state index is -3.77. The lowest BCUT2D eigenvalue weighted by Gasteiger charge is -2.09. The Labute approximate surface area is 196 Å². The molecule has 2 amide bonds. The van der Waals surface area contributed by atoms with Crippen LogP contribution in [0.1, 0.15) is 43.6 Å². The predicted molar refractivity (Wildman–Crippen MR) is 123 cm³/mol. The van der Waals surface area contributed by atoms with Gasteiger partial charge in [0.05, 0.1) is 4.90 Å². The number of hydrogen-bond donors (Lipinski definition) is 3. The molecule has 170 valence electrons. The van der Waals surface area contributed by atoms with E-state index < -0.39 is 21.8 Å². The molecule has 0 saturated heterocycles. The van der Waals surface area contributed by atoms with Gasteiger partial charge in [-0.3, -0.25) is 25.2 Å². The summed E-state index contributed by atoms with van der Waals surface area (Å²) in [4.78, 5) is 35.7. The Hall–Kier alpha value is -3.53. The maximum absolute atomic E-state index is 12.4. The average Bonchev–Trinajstić information content (AvgIpc) is 2.82. The molecule has 0 aliphatic carbocycles. The number of hydrogen-bond acceptors (Lipinski definition) is 5. The summed E-state index contributed by atoms with van der Waals surface area (Å²) in [6, 6.07) is 18.0. The molecule has 8 nitrogen and oxygen atoms in total. The van der Waals surface area contributed by atoms with Gasteiger partial charge in [0.1, 0.15) is 0 Å². The van der Waals surface area contributed by atoms with Gasteiger partial charge in [0, 0.05) is 28.3 Å². The molecule has 3 rings (SSSR count). The number of amides is 2.